The van der Waals surface area contributed by atoms with Gasteiger partial charge in [0.05, 0.1) is 6.61 Å². The van der Waals surface area contributed by atoms with Gasteiger partial charge in [0, 0.05) is 12.3 Å². The Bertz CT molecular complexity index is 315. The molecule has 1 aliphatic rings. The quantitative estimate of drug-likeness (QED) is 0.737. The number of hydrogen-bond donors (Lipinski definition) is 0. The summed E-state index contributed by atoms with van der Waals surface area (Å²) in [5.41, 5.74) is 0. The van der Waals surface area contributed by atoms with Crippen molar-refractivity contribution in [3.8, 4) is 5.75 Å². The number of ether oxygens (including phenoxy) is 1. The van der Waals surface area contributed by atoms with Crippen LogP contribution in [0.3, 0.4) is 0 Å². The van der Waals surface area contributed by atoms with Gasteiger partial charge in [-0.05, 0) is 25.0 Å². The molecule has 1 aromatic rings. The number of ketones is 1. The summed E-state index contributed by atoms with van der Waals surface area (Å²) in [5, 5.41) is 0. The first-order valence-electron chi connectivity index (χ1n) is 5.57. The van der Waals surface area contributed by atoms with Crippen LogP contribution in [0, 0.1) is 5.92 Å². The summed E-state index contributed by atoms with van der Waals surface area (Å²) in [6.45, 7) is 0.513. The molecular weight excluding hydrogens is 188 g/mol. The maximum absolute atomic E-state index is 11.5. The second kappa shape index (κ2) is 4.96. The molecule has 0 saturated heterocycles. The topological polar surface area (TPSA) is 26.3 Å². The van der Waals surface area contributed by atoms with Crippen LogP contribution in [0.1, 0.15) is 25.7 Å². The van der Waals surface area contributed by atoms with Crippen LogP contribution in [0.15, 0.2) is 30.3 Å². The Labute approximate surface area is 90.3 Å². The number of carbonyl (C=O) groups is 1. The van der Waals surface area contributed by atoms with Crippen molar-refractivity contribution in [2.24, 2.45) is 5.92 Å². The molecule has 1 aromatic carbocycles. The summed E-state index contributed by atoms with van der Waals surface area (Å²) in [7, 11) is 0. The molecule has 0 amide bonds. The normalized spacial score (nSPS) is 15.7. The molecule has 0 unspecified atom stereocenters. The standard InChI is InChI=1S/C13H16O2/c14-13(11-5-4-6-11)9-10-15-12-7-2-1-3-8-12/h1-3,7-8,11H,4-6,9-10H2. The fourth-order valence-corrected chi connectivity index (χ4v) is 1.72. The number of rotatable bonds is 5. The van der Waals surface area contributed by atoms with Gasteiger partial charge in [-0.15, -0.1) is 0 Å². The second-order valence-corrected chi connectivity index (χ2v) is 4.01. The highest BCUT2D eigenvalue weighted by atomic mass is 16.5. The summed E-state index contributed by atoms with van der Waals surface area (Å²) < 4.78 is 5.47. The third-order valence-corrected chi connectivity index (χ3v) is 2.92. The Hall–Kier alpha value is -1.31. The highest BCUT2D eigenvalue weighted by Gasteiger charge is 2.24. The van der Waals surface area contributed by atoms with E-state index < -0.39 is 0 Å². The van der Waals surface area contributed by atoms with E-state index in [1.54, 1.807) is 0 Å². The first-order valence-corrected chi connectivity index (χ1v) is 5.57. The van der Waals surface area contributed by atoms with E-state index in [4.69, 9.17) is 4.74 Å². The zero-order valence-corrected chi connectivity index (χ0v) is 8.82. The number of carbonyl (C=O) groups excluding carboxylic acids is 1. The molecule has 0 N–H and O–H groups in total. The summed E-state index contributed by atoms with van der Waals surface area (Å²) in [6, 6.07) is 9.64. The highest BCUT2D eigenvalue weighted by molar-refractivity contribution is 5.81. The van der Waals surface area contributed by atoms with Gasteiger partial charge in [-0.2, -0.15) is 0 Å². The molecule has 0 heterocycles. The predicted octanol–water partition coefficient (Wildman–Crippen LogP) is 2.82. The van der Waals surface area contributed by atoms with Gasteiger partial charge < -0.3 is 4.74 Å². The zero-order chi connectivity index (χ0) is 10.5. The fourth-order valence-electron chi connectivity index (χ4n) is 1.72. The number of hydrogen-bond acceptors (Lipinski definition) is 2. The molecule has 0 aromatic heterocycles. The molecule has 0 bridgehead atoms. The van der Waals surface area contributed by atoms with E-state index >= 15 is 0 Å². The lowest BCUT2D eigenvalue weighted by atomic mass is 9.81. The molecule has 2 heteroatoms. The molecule has 2 rings (SSSR count). The average Bonchev–Trinajstić information content (AvgIpc) is 2.16. The fraction of sp³-hybridized carbons (Fsp3) is 0.462. The Kier molecular flexibility index (Phi) is 3.38. The van der Waals surface area contributed by atoms with E-state index in [1.165, 1.54) is 6.42 Å². The van der Waals surface area contributed by atoms with Crippen LogP contribution in [-0.4, -0.2) is 12.4 Å². The Morgan fingerprint density at radius 2 is 2.00 bits per heavy atom. The molecule has 0 radical (unpaired) electrons. The third-order valence-electron chi connectivity index (χ3n) is 2.92. The van der Waals surface area contributed by atoms with Crippen molar-refractivity contribution in [1.29, 1.82) is 0 Å². The third kappa shape index (κ3) is 2.82. The lowest BCUT2D eigenvalue weighted by molar-refractivity contribution is -0.125. The number of para-hydroxylation sites is 1. The molecule has 0 aliphatic heterocycles. The van der Waals surface area contributed by atoms with Gasteiger partial charge in [-0.1, -0.05) is 24.6 Å². The van der Waals surface area contributed by atoms with Gasteiger partial charge in [0.2, 0.25) is 0 Å². The van der Waals surface area contributed by atoms with Gasteiger partial charge in [0.1, 0.15) is 11.5 Å². The van der Waals surface area contributed by atoms with E-state index in [0.717, 1.165) is 18.6 Å². The minimum Gasteiger partial charge on any atom is -0.493 e. The number of Topliss-reactive ketones (excluding diaryl/α,β-unsaturated/α-hetero) is 1. The largest absolute Gasteiger partial charge is 0.493 e. The maximum atomic E-state index is 11.5. The van der Waals surface area contributed by atoms with Gasteiger partial charge in [-0.3, -0.25) is 4.79 Å². The van der Waals surface area contributed by atoms with Crippen LogP contribution in [0.2, 0.25) is 0 Å². The molecule has 2 nitrogen and oxygen atoms in total. The van der Waals surface area contributed by atoms with Gasteiger partial charge >= 0.3 is 0 Å². The van der Waals surface area contributed by atoms with E-state index in [9.17, 15) is 4.79 Å². The van der Waals surface area contributed by atoms with E-state index in [-0.39, 0.29) is 0 Å². The highest BCUT2D eigenvalue weighted by Crippen LogP contribution is 2.28. The molecule has 15 heavy (non-hydrogen) atoms. The average molecular weight is 204 g/mol. The van der Waals surface area contributed by atoms with Crippen LogP contribution in [0.5, 0.6) is 5.75 Å². The summed E-state index contributed by atoms with van der Waals surface area (Å²) >= 11 is 0. The Morgan fingerprint density at radius 1 is 1.27 bits per heavy atom. The van der Waals surface area contributed by atoms with E-state index in [2.05, 4.69) is 0 Å². The summed E-state index contributed by atoms with van der Waals surface area (Å²) in [4.78, 5) is 11.5. The summed E-state index contributed by atoms with van der Waals surface area (Å²) in [6.07, 6.45) is 3.95. The van der Waals surface area contributed by atoms with Crippen LogP contribution in [0.25, 0.3) is 0 Å². The summed E-state index contributed by atoms with van der Waals surface area (Å²) in [5.74, 6) is 1.56. The van der Waals surface area contributed by atoms with Crippen molar-refractivity contribution in [1.82, 2.24) is 0 Å². The van der Waals surface area contributed by atoms with Crippen LogP contribution >= 0.6 is 0 Å². The minimum atomic E-state index is 0.337. The van der Waals surface area contributed by atoms with E-state index in [0.29, 0.717) is 24.7 Å². The lowest BCUT2D eigenvalue weighted by Crippen LogP contribution is -2.23. The van der Waals surface area contributed by atoms with Crippen molar-refractivity contribution in [2.75, 3.05) is 6.61 Å². The van der Waals surface area contributed by atoms with Crippen LogP contribution in [0.4, 0.5) is 0 Å². The lowest BCUT2D eigenvalue weighted by Gasteiger charge is -2.23. The number of benzene rings is 1. The van der Waals surface area contributed by atoms with E-state index in [1.807, 2.05) is 30.3 Å². The smallest absolute Gasteiger partial charge is 0.139 e. The van der Waals surface area contributed by atoms with Crippen LogP contribution in [-0.2, 0) is 4.79 Å². The second-order valence-electron chi connectivity index (χ2n) is 4.01. The molecular formula is C13H16O2. The molecule has 80 valence electrons. The minimum absolute atomic E-state index is 0.337. The zero-order valence-electron chi connectivity index (χ0n) is 8.82. The first-order chi connectivity index (χ1) is 7.36. The van der Waals surface area contributed by atoms with Crippen molar-refractivity contribution in [3.05, 3.63) is 30.3 Å². The monoisotopic (exact) mass is 204 g/mol. The van der Waals surface area contributed by atoms with Crippen molar-refractivity contribution < 1.29 is 9.53 Å². The molecule has 1 fully saturated rings. The van der Waals surface area contributed by atoms with Gasteiger partial charge in [0.25, 0.3) is 0 Å². The first kappa shape index (κ1) is 10.2. The molecule has 0 atom stereocenters. The van der Waals surface area contributed by atoms with Crippen molar-refractivity contribution in [2.45, 2.75) is 25.7 Å². The van der Waals surface area contributed by atoms with Crippen molar-refractivity contribution >= 4 is 5.78 Å². The molecule has 1 saturated carbocycles. The Balaban J connectivity index is 1.68. The molecule has 0 spiro atoms. The maximum Gasteiger partial charge on any atom is 0.139 e. The Morgan fingerprint density at radius 3 is 2.60 bits per heavy atom. The van der Waals surface area contributed by atoms with Gasteiger partial charge in [0.15, 0.2) is 0 Å². The van der Waals surface area contributed by atoms with Crippen molar-refractivity contribution in [3.63, 3.8) is 0 Å². The van der Waals surface area contributed by atoms with Crippen LogP contribution < -0.4 is 4.74 Å². The SMILES string of the molecule is O=C(CCOc1ccccc1)C1CCC1. The molecule has 1 aliphatic carbocycles. The van der Waals surface area contributed by atoms with Gasteiger partial charge in [-0.25, -0.2) is 0 Å². The predicted molar refractivity (Wildman–Crippen MR) is 58.9 cm³/mol.